The summed E-state index contributed by atoms with van der Waals surface area (Å²) in [7, 11) is 1.77. The van der Waals surface area contributed by atoms with Crippen LogP contribution >= 0.6 is 0 Å². The first-order valence-electron chi connectivity index (χ1n) is 6.02. The van der Waals surface area contributed by atoms with Gasteiger partial charge in [-0.05, 0) is 30.9 Å². The molecule has 0 amide bonds. The molecule has 0 radical (unpaired) electrons. The molecule has 0 bridgehead atoms. The summed E-state index contributed by atoms with van der Waals surface area (Å²) < 4.78 is 5.23. The van der Waals surface area contributed by atoms with E-state index in [4.69, 9.17) is 4.74 Å². The van der Waals surface area contributed by atoms with Gasteiger partial charge in [0.15, 0.2) is 0 Å². The Balaban J connectivity index is 1.70. The largest absolute Gasteiger partial charge is 0.383 e. The third kappa shape index (κ3) is 3.58. The molecule has 0 saturated heterocycles. The van der Waals surface area contributed by atoms with E-state index in [0.717, 1.165) is 31.2 Å². The van der Waals surface area contributed by atoms with Gasteiger partial charge in [0.1, 0.15) is 0 Å². The van der Waals surface area contributed by atoms with Crippen molar-refractivity contribution in [2.24, 2.45) is 5.92 Å². The number of hydrogen-bond donors (Lipinski definition) is 1. The van der Waals surface area contributed by atoms with E-state index in [9.17, 15) is 0 Å². The van der Waals surface area contributed by atoms with Gasteiger partial charge in [-0.1, -0.05) is 6.07 Å². The van der Waals surface area contributed by atoms with Crippen molar-refractivity contribution in [2.75, 3.05) is 20.3 Å². The summed E-state index contributed by atoms with van der Waals surface area (Å²) in [5.41, 5.74) is 1.15. The molecule has 1 aromatic rings. The highest BCUT2D eigenvalue weighted by Crippen LogP contribution is 2.32. The first-order valence-corrected chi connectivity index (χ1v) is 6.02. The highest BCUT2D eigenvalue weighted by atomic mass is 16.5. The molecular weight excluding hydrogens is 200 g/mol. The summed E-state index contributed by atoms with van der Waals surface area (Å²) in [6, 6.07) is 6.60. The first kappa shape index (κ1) is 11.6. The average molecular weight is 220 g/mol. The van der Waals surface area contributed by atoms with Crippen molar-refractivity contribution in [3.8, 4) is 0 Å². The van der Waals surface area contributed by atoms with Gasteiger partial charge in [-0.2, -0.15) is 0 Å². The van der Waals surface area contributed by atoms with Crippen LogP contribution in [-0.2, 0) is 11.2 Å². The van der Waals surface area contributed by atoms with E-state index in [1.54, 1.807) is 7.11 Å². The van der Waals surface area contributed by atoms with E-state index in [1.807, 2.05) is 18.3 Å². The molecule has 1 N–H and O–H groups in total. The zero-order valence-corrected chi connectivity index (χ0v) is 9.86. The molecule has 1 aliphatic rings. The summed E-state index contributed by atoms with van der Waals surface area (Å²) in [6.45, 7) is 1.81. The zero-order valence-electron chi connectivity index (χ0n) is 9.86. The highest BCUT2D eigenvalue weighted by Gasteiger charge is 2.30. The molecule has 88 valence electrons. The van der Waals surface area contributed by atoms with Crippen LogP contribution in [0.1, 0.15) is 18.5 Å². The minimum Gasteiger partial charge on any atom is -0.383 e. The van der Waals surface area contributed by atoms with Gasteiger partial charge in [0.2, 0.25) is 0 Å². The molecule has 1 aliphatic carbocycles. The second-order valence-corrected chi connectivity index (χ2v) is 4.42. The van der Waals surface area contributed by atoms with Gasteiger partial charge in [0.25, 0.3) is 0 Å². The molecule has 0 aliphatic heterocycles. The number of ether oxygens (including phenoxy) is 1. The number of rotatable bonds is 7. The van der Waals surface area contributed by atoms with E-state index in [2.05, 4.69) is 16.4 Å². The van der Waals surface area contributed by atoms with Crippen LogP contribution < -0.4 is 5.32 Å². The standard InChI is InChI=1S/C13H20N2O/c1-16-10-13(11-5-6-11)15-9-7-12-4-2-3-8-14-12/h2-4,8,11,13,15H,5-7,9-10H2,1H3. The predicted octanol–water partition coefficient (Wildman–Crippen LogP) is 1.64. The third-order valence-corrected chi connectivity index (χ3v) is 3.05. The molecule has 1 saturated carbocycles. The average Bonchev–Trinajstić information content (AvgIpc) is 3.13. The monoisotopic (exact) mass is 220 g/mol. The molecule has 3 nitrogen and oxygen atoms in total. The third-order valence-electron chi connectivity index (χ3n) is 3.05. The molecular formula is C13H20N2O. The van der Waals surface area contributed by atoms with Crippen LogP contribution in [0, 0.1) is 5.92 Å². The lowest BCUT2D eigenvalue weighted by Crippen LogP contribution is -2.36. The Morgan fingerprint density at radius 3 is 3.00 bits per heavy atom. The zero-order chi connectivity index (χ0) is 11.2. The Bertz CT molecular complexity index is 298. The van der Waals surface area contributed by atoms with Gasteiger partial charge in [-0.3, -0.25) is 4.98 Å². The normalized spacial score (nSPS) is 17.3. The predicted molar refractivity (Wildman–Crippen MR) is 64.3 cm³/mol. The summed E-state index contributed by atoms with van der Waals surface area (Å²) in [4.78, 5) is 4.31. The summed E-state index contributed by atoms with van der Waals surface area (Å²) in [5, 5.41) is 3.57. The second-order valence-electron chi connectivity index (χ2n) is 4.42. The highest BCUT2D eigenvalue weighted by molar-refractivity contribution is 5.03. The fourth-order valence-electron chi connectivity index (χ4n) is 1.97. The lowest BCUT2D eigenvalue weighted by atomic mass is 10.2. The number of nitrogens with one attached hydrogen (secondary N) is 1. The van der Waals surface area contributed by atoms with Crippen molar-refractivity contribution >= 4 is 0 Å². The van der Waals surface area contributed by atoms with E-state index >= 15 is 0 Å². The Kier molecular flexibility index (Phi) is 4.31. The van der Waals surface area contributed by atoms with Crippen molar-refractivity contribution in [1.82, 2.24) is 10.3 Å². The molecule has 1 aromatic heterocycles. The van der Waals surface area contributed by atoms with E-state index in [0.29, 0.717) is 6.04 Å². The molecule has 2 rings (SSSR count). The van der Waals surface area contributed by atoms with Gasteiger partial charge in [-0.25, -0.2) is 0 Å². The fourth-order valence-corrected chi connectivity index (χ4v) is 1.97. The van der Waals surface area contributed by atoms with Gasteiger partial charge >= 0.3 is 0 Å². The molecule has 1 unspecified atom stereocenters. The molecule has 0 aromatic carbocycles. The Morgan fingerprint density at radius 1 is 1.50 bits per heavy atom. The van der Waals surface area contributed by atoms with Crippen LogP contribution in [0.2, 0.25) is 0 Å². The molecule has 1 atom stereocenters. The number of hydrogen-bond acceptors (Lipinski definition) is 3. The van der Waals surface area contributed by atoms with E-state index in [1.165, 1.54) is 12.8 Å². The molecule has 1 heterocycles. The maximum Gasteiger partial charge on any atom is 0.0618 e. The maximum atomic E-state index is 5.23. The van der Waals surface area contributed by atoms with Crippen LogP contribution in [0.5, 0.6) is 0 Å². The van der Waals surface area contributed by atoms with Crippen molar-refractivity contribution < 1.29 is 4.74 Å². The van der Waals surface area contributed by atoms with Gasteiger partial charge in [-0.15, -0.1) is 0 Å². The first-order chi connectivity index (χ1) is 7.90. The minimum atomic E-state index is 0.536. The number of nitrogens with zero attached hydrogens (tertiary/aromatic N) is 1. The molecule has 1 fully saturated rings. The molecule has 3 heteroatoms. The van der Waals surface area contributed by atoms with Crippen LogP contribution in [0.4, 0.5) is 0 Å². The summed E-state index contributed by atoms with van der Waals surface area (Å²) in [6.07, 6.45) is 5.55. The van der Waals surface area contributed by atoms with Crippen LogP contribution in [0.3, 0.4) is 0 Å². The quantitative estimate of drug-likeness (QED) is 0.758. The lowest BCUT2D eigenvalue weighted by Gasteiger charge is -2.16. The number of methoxy groups -OCH3 is 1. The van der Waals surface area contributed by atoms with Crippen molar-refractivity contribution in [3.05, 3.63) is 30.1 Å². The number of pyridine rings is 1. The van der Waals surface area contributed by atoms with E-state index in [-0.39, 0.29) is 0 Å². The SMILES string of the molecule is COCC(NCCc1ccccn1)C1CC1. The van der Waals surface area contributed by atoms with Gasteiger partial charge in [0.05, 0.1) is 6.61 Å². The van der Waals surface area contributed by atoms with Crippen molar-refractivity contribution in [1.29, 1.82) is 0 Å². The Labute approximate surface area is 97.2 Å². The summed E-state index contributed by atoms with van der Waals surface area (Å²) in [5.74, 6) is 0.837. The number of aromatic nitrogens is 1. The van der Waals surface area contributed by atoms with Crippen LogP contribution in [0.15, 0.2) is 24.4 Å². The Morgan fingerprint density at radius 2 is 2.38 bits per heavy atom. The van der Waals surface area contributed by atoms with Gasteiger partial charge < -0.3 is 10.1 Å². The van der Waals surface area contributed by atoms with Crippen molar-refractivity contribution in [2.45, 2.75) is 25.3 Å². The van der Waals surface area contributed by atoms with Crippen molar-refractivity contribution in [3.63, 3.8) is 0 Å². The van der Waals surface area contributed by atoms with Crippen LogP contribution in [0.25, 0.3) is 0 Å². The maximum absolute atomic E-state index is 5.23. The fraction of sp³-hybridized carbons (Fsp3) is 0.615. The molecule has 0 spiro atoms. The molecule has 16 heavy (non-hydrogen) atoms. The topological polar surface area (TPSA) is 34.1 Å². The smallest absolute Gasteiger partial charge is 0.0618 e. The van der Waals surface area contributed by atoms with Gasteiger partial charge in [0, 0.05) is 38.0 Å². The van der Waals surface area contributed by atoms with Crippen LogP contribution in [-0.4, -0.2) is 31.3 Å². The summed E-state index contributed by atoms with van der Waals surface area (Å²) >= 11 is 0. The lowest BCUT2D eigenvalue weighted by molar-refractivity contribution is 0.158. The van der Waals surface area contributed by atoms with E-state index < -0.39 is 0 Å². The Hall–Kier alpha value is -0.930. The second kappa shape index (κ2) is 5.97. The minimum absolute atomic E-state index is 0.536.